The van der Waals surface area contributed by atoms with E-state index in [0.717, 1.165) is 25.7 Å². The van der Waals surface area contributed by atoms with Gasteiger partial charge in [0.2, 0.25) is 0 Å². The quantitative estimate of drug-likeness (QED) is 0.648. The first-order chi connectivity index (χ1) is 10.1. The lowest BCUT2D eigenvalue weighted by Gasteiger charge is -2.44. The van der Waals surface area contributed by atoms with Gasteiger partial charge in [-0.05, 0) is 37.7 Å². The Hall–Kier alpha value is -1.17. The summed E-state index contributed by atoms with van der Waals surface area (Å²) in [6, 6.07) is 4.72. The molecule has 1 aromatic carbocycles. The van der Waals surface area contributed by atoms with Crippen molar-refractivity contribution in [3.8, 4) is 5.75 Å². The molecular weight excluding hydrogens is 271 g/mol. The maximum absolute atomic E-state index is 14.6. The van der Waals surface area contributed by atoms with E-state index in [0.29, 0.717) is 11.5 Å². The van der Waals surface area contributed by atoms with Crippen LogP contribution in [0.3, 0.4) is 0 Å². The van der Waals surface area contributed by atoms with Gasteiger partial charge in [-0.1, -0.05) is 19.1 Å². The lowest BCUT2D eigenvalue weighted by atomic mass is 9.73. The van der Waals surface area contributed by atoms with E-state index in [1.54, 1.807) is 25.3 Å². The summed E-state index contributed by atoms with van der Waals surface area (Å²) in [5.41, 5.74) is 2.78. The number of hydrogen-bond acceptors (Lipinski definition) is 4. The highest BCUT2D eigenvalue weighted by molar-refractivity contribution is 5.34. The average Bonchev–Trinajstić information content (AvgIpc) is 2.51. The molecule has 21 heavy (non-hydrogen) atoms. The summed E-state index contributed by atoms with van der Waals surface area (Å²) in [6.45, 7) is 2.23. The van der Waals surface area contributed by atoms with E-state index in [2.05, 4.69) is 12.3 Å². The molecule has 1 saturated carbocycles. The summed E-state index contributed by atoms with van der Waals surface area (Å²) in [5.74, 6) is 6.27. The minimum absolute atomic E-state index is 0.225. The second kappa shape index (κ2) is 6.73. The molecular formula is C16H25FN2O2. The van der Waals surface area contributed by atoms with E-state index in [1.807, 2.05) is 0 Å². The number of rotatable bonds is 5. The van der Waals surface area contributed by atoms with Gasteiger partial charge in [-0.25, -0.2) is 9.82 Å². The van der Waals surface area contributed by atoms with E-state index in [9.17, 15) is 4.39 Å². The van der Waals surface area contributed by atoms with Crippen LogP contribution in [0.1, 0.15) is 44.2 Å². The Balaban J connectivity index is 2.38. The van der Waals surface area contributed by atoms with Gasteiger partial charge < -0.3 is 9.47 Å². The number of hydrazine groups is 1. The first kappa shape index (κ1) is 16.2. The van der Waals surface area contributed by atoms with Crippen LogP contribution in [0.4, 0.5) is 4.39 Å². The van der Waals surface area contributed by atoms with Gasteiger partial charge in [0, 0.05) is 12.7 Å². The molecule has 0 heterocycles. The Bertz CT molecular complexity index is 473. The highest BCUT2D eigenvalue weighted by Gasteiger charge is 2.43. The van der Waals surface area contributed by atoms with Crippen LogP contribution < -0.4 is 16.0 Å². The lowest BCUT2D eigenvalue weighted by Crippen LogP contribution is -2.50. The minimum atomic E-state index is -0.478. The van der Waals surface area contributed by atoms with Crippen molar-refractivity contribution in [2.75, 3.05) is 14.2 Å². The Morgan fingerprint density at radius 3 is 2.52 bits per heavy atom. The summed E-state index contributed by atoms with van der Waals surface area (Å²) in [4.78, 5) is 0. The van der Waals surface area contributed by atoms with Crippen molar-refractivity contribution in [1.82, 2.24) is 5.43 Å². The van der Waals surface area contributed by atoms with E-state index in [1.165, 1.54) is 7.11 Å². The molecule has 0 saturated heterocycles. The maximum Gasteiger partial charge on any atom is 0.169 e. The van der Waals surface area contributed by atoms with Crippen LogP contribution in [-0.4, -0.2) is 19.8 Å². The van der Waals surface area contributed by atoms with Crippen molar-refractivity contribution < 1.29 is 13.9 Å². The predicted molar refractivity (Wildman–Crippen MR) is 80.4 cm³/mol. The SMILES string of the molecule is COc1cccc(C(NN)C2(OC)CCC(C)CC2)c1F. The van der Waals surface area contributed by atoms with Gasteiger partial charge in [0.1, 0.15) is 0 Å². The molecule has 1 aliphatic rings. The van der Waals surface area contributed by atoms with Crippen LogP contribution in [0, 0.1) is 11.7 Å². The fourth-order valence-electron chi connectivity index (χ4n) is 3.29. The largest absolute Gasteiger partial charge is 0.494 e. The molecule has 1 aromatic rings. The summed E-state index contributed by atoms with van der Waals surface area (Å²) in [5, 5.41) is 0. The summed E-state index contributed by atoms with van der Waals surface area (Å²) >= 11 is 0. The Kier molecular flexibility index (Phi) is 5.19. The number of nitrogens with one attached hydrogen (secondary N) is 1. The monoisotopic (exact) mass is 296 g/mol. The molecule has 0 radical (unpaired) electrons. The molecule has 0 aromatic heterocycles. The second-order valence-corrected chi connectivity index (χ2v) is 5.91. The van der Waals surface area contributed by atoms with E-state index in [-0.39, 0.29) is 11.6 Å². The summed E-state index contributed by atoms with van der Waals surface area (Å²) in [6.07, 6.45) is 3.82. The zero-order valence-corrected chi connectivity index (χ0v) is 13.0. The zero-order chi connectivity index (χ0) is 15.5. The Morgan fingerprint density at radius 1 is 1.33 bits per heavy atom. The Morgan fingerprint density at radius 2 is 2.00 bits per heavy atom. The highest BCUT2D eigenvalue weighted by Crippen LogP contribution is 2.43. The van der Waals surface area contributed by atoms with Gasteiger partial charge in [-0.2, -0.15) is 0 Å². The zero-order valence-electron chi connectivity index (χ0n) is 13.0. The molecule has 0 spiro atoms. The molecule has 0 amide bonds. The van der Waals surface area contributed by atoms with Gasteiger partial charge >= 0.3 is 0 Å². The van der Waals surface area contributed by atoms with Crippen LogP contribution in [0.2, 0.25) is 0 Å². The molecule has 1 atom stereocenters. The van der Waals surface area contributed by atoms with Crippen molar-refractivity contribution in [3.63, 3.8) is 0 Å². The van der Waals surface area contributed by atoms with Crippen molar-refractivity contribution >= 4 is 0 Å². The van der Waals surface area contributed by atoms with Crippen LogP contribution >= 0.6 is 0 Å². The van der Waals surface area contributed by atoms with Crippen molar-refractivity contribution in [3.05, 3.63) is 29.6 Å². The molecule has 4 nitrogen and oxygen atoms in total. The standard InChI is InChI=1S/C16H25FN2O2/c1-11-7-9-16(21-3,10-8-11)15(19-18)12-5-4-6-13(20-2)14(12)17/h4-6,11,15,19H,7-10,18H2,1-3H3. The second-order valence-electron chi connectivity index (χ2n) is 5.91. The number of benzene rings is 1. The van der Waals surface area contributed by atoms with Gasteiger partial charge in [-0.15, -0.1) is 0 Å². The van der Waals surface area contributed by atoms with Crippen LogP contribution in [0.15, 0.2) is 18.2 Å². The number of nitrogens with two attached hydrogens (primary N) is 1. The topological polar surface area (TPSA) is 56.5 Å². The minimum Gasteiger partial charge on any atom is -0.494 e. The molecule has 3 N–H and O–H groups in total. The summed E-state index contributed by atoms with van der Waals surface area (Å²) in [7, 11) is 3.14. The van der Waals surface area contributed by atoms with Gasteiger partial charge in [0.15, 0.2) is 11.6 Å². The number of methoxy groups -OCH3 is 2. The van der Waals surface area contributed by atoms with Crippen molar-refractivity contribution in [1.29, 1.82) is 0 Å². The third-order valence-electron chi connectivity index (χ3n) is 4.74. The first-order valence-corrected chi connectivity index (χ1v) is 7.41. The first-order valence-electron chi connectivity index (χ1n) is 7.41. The fraction of sp³-hybridized carbons (Fsp3) is 0.625. The number of hydrogen-bond donors (Lipinski definition) is 2. The third kappa shape index (κ3) is 3.05. The Labute approximate surface area is 125 Å². The van der Waals surface area contributed by atoms with Crippen LogP contribution in [-0.2, 0) is 4.74 Å². The van der Waals surface area contributed by atoms with E-state index in [4.69, 9.17) is 15.3 Å². The van der Waals surface area contributed by atoms with Crippen molar-refractivity contribution in [2.24, 2.45) is 11.8 Å². The van der Waals surface area contributed by atoms with Gasteiger partial charge in [0.05, 0.1) is 18.8 Å². The fourth-order valence-corrected chi connectivity index (χ4v) is 3.29. The average molecular weight is 296 g/mol. The molecule has 1 unspecified atom stereocenters. The molecule has 1 fully saturated rings. The summed E-state index contributed by atoms with van der Waals surface area (Å²) < 4.78 is 25.5. The predicted octanol–water partition coefficient (Wildman–Crippen LogP) is 2.93. The maximum atomic E-state index is 14.6. The van der Waals surface area contributed by atoms with E-state index < -0.39 is 11.6 Å². The molecule has 5 heteroatoms. The normalized spacial score (nSPS) is 27.4. The highest BCUT2D eigenvalue weighted by atomic mass is 19.1. The molecule has 0 bridgehead atoms. The van der Waals surface area contributed by atoms with E-state index >= 15 is 0 Å². The van der Waals surface area contributed by atoms with Gasteiger partial charge in [-0.3, -0.25) is 5.84 Å². The van der Waals surface area contributed by atoms with Crippen LogP contribution in [0.5, 0.6) is 5.75 Å². The number of ether oxygens (including phenoxy) is 2. The smallest absolute Gasteiger partial charge is 0.169 e. The molecule has 2 rings (SSSR count). The number of halogens is 1. The molecule has 118 valence electrons. The molecule has 0 aliphatic heterocycles. The van der Waals surface area contributed by atoms with Crippen molar-refractivity contribution in [2.45, 2.75) is 44.2 Å². The van der Waals surface area contributed by atoms with Gasteiger partial charge in [0.25, 0.3) is 0 Å². The van der Waals surface area contributed by atoms with Crippen LogP contribution in [0.25, 0.3) is 0 Å². The molecule has 1 aliphatic carbocycles. The third-order valence-corrected chi connectivity index (χ3v) is 4.74. The lowest BCUT2D eigenvalue weighted by molar-refractivity contribution is -0.0769.